The third-order valence-corrected chi connectivity index (χ3v) is 7.44. The number of thiazole rings is 1. The van der Waals surface area contributed by atoms with Crippen LogP contribution >= 0.6 is 11.3 Å². The highest BCUT2D eigenvalue weighted by molar-refractivity contribution is 7.90. The van der Waals surface area contributed by atoms with Crippen LogP contribution in [-0.4, -0.2) is 32.1 Å². The molecular formula is C23H24N2O3S2. The van der Waals surface area contributed by atoms with Crippen LogP contribution in [0.4, 0.5) is 5.69 Å². The van der Waals surface area contributed by atoms with Crippen molar-refractivity contribution in [2.45, 2.75) is 37.5 Å². The molecule has 0 atom stereocenters. The lowest BCUT2D eigenvalue weighted by Gasteiger charge is -2.29. The van der Waals surface area contributed by atoms with Gasteiger partial charge in [0.1, 0.15) is 5.01 Å². The molecule has 1 aliphatic rings. The number of rotatable bonds is 5. The first kappa shape index (κ1) is 20.8. The second-order valence-electron chi connectivity index (χ2n) is 7.58. The molecule has 0 saturated carbocycles. The van der Waals surface area contributed by atoms with E-state index >= 15 is 0 Å². The largest absolute Gasteiger partial charge is 0.312 e. The highest BCUT2D eigenvalue weighted by Crippen LogP contribution is 2.30. The zero-order chi connectivity index (χ0) is 21.3. The Kier molecular flexibility index (Phi) is 5.75. The van der Waals surface area contributed by atoms with Crippen LogP contribution in [0.25, 0.3) is 10.6 Å². The van der Waals surface area contributed by atoms with E-state index in [4.69, 9.17) is 0 Å². The fraction of sp³-hybridized carbons (Fsp3) is 0.304. The van der Waals surface area contributed by atoms with Crippen molar-refractivity contribution in [2.75, 3.05) is 17.7 Å². The maximum atomic E-state index is 13.0. The smallest absolute Gasteiger partial charge is 0.233 e. The molecule has 2 heterocycles. The van der Waals surface area contributed by atoms with Gasteiger partial charge in [0.2, 0.25) is 5.91 Å². The second kappa shape index (κ2) is 8.32. The second-order valence-corrected chi connectivity index (χ2v) is 10.5. The molecule has 30 heavy (non-hydrogen) atoms. The van der Waals surface area contributed by atoms with Gasteiger partial charge in [0.15, 0.2) is 9.84 Å². The molecule has 156 valence electrons. The molecule has 0 aliphatic carbocycles. The lowest BCUT2D eigenvalue weighted by molar-refractivity contribution is -0.118. The average molecular weight is 441 g/mol. The predicted octanol–water partition coefficient (Wildman–Crippen LogP) is 4.30. The average Bonchev–Trinajstić information content (AvgIpc) is 3.20. The Morgan fingerprint density at radius 2 is 1.93 bits per heavy atom. The molecule has 0 unspecified atom stereocenters. The molecule has 4 rings (SSSR count). The van der Waals surface area contributed by atoms with Gasteiger partial charge in [0.25, 0.3) is 0 Å². The van der Waals surface area contributed by atoms with E-state index in [1.54, 1.807) is 34.4 Å². The van der Waals surface area contributed by atoms with Crippen molar-refractivity contribution < 1.29 is 13.2 Å². The molecule has 1 aromatic heterocycles. The number of hydrogen-bond donors (Lipinski definition) is 0. The van der Waals surface area contributed by atoms with E-state index < -0.39 is 9.84 Å². The van der Waals surface area contributed by atoms with Crippen LogP contribution in [0.1, 0.15) is 30.2 Å². The van der Waals surface area contributed by atoms with Crippen LogP contribution in [0, 0.1) is 0 Å². The van der Waals surface area contributed by atoms with E-state index in [-0.39, 0.29) is 12.3 Å². The Morgan fingerprint density at radius 3 is 2.63 bits per heavy atom. The van der Waals surface area contributed by atoms with E-state index in [9.17, 15) is 13.2 Å². The van der Waals surface area contributed by atoms with Crippen LogP contribution < -0.4 is 4.90 Å². The summed E-state index contributed by atoms with van der Waals surface area (Å²) < 4.78 is 23.7. The van der Waals surface area contributed by atoms with Gasteiger partial charge in [-0.1, -0.05) is 31.2 Å². The topological polar surface area (TPSA) is 67.3 Å². The maximum Gasteiger partial charge on any atom is 0.233 e. The molecule has 0 bridgehead atoms. The summed E-state index contributed by atoms with van der Waals surface area (Å²) in [7, 11) is -3.26. The van der Waals surface area contributed by atoms with E-state index in [1.807, 2.05) is 5.38 Å². The van der Waals surface area contributed by atoms with Crippen molar-refractivity contribution in [1.82, 2.24) is 4.98 Å². The maximum absolute atomic E-state index is 13.0. The van der Waals surface area contributed by atoms with Crippen molar-refractivity contribution >= 4 is 32.8 Å². The molecule has 0 N–H and O–H groups in total. The van der Waals surface area contributed by atoms with Gasteiger partial charge in [-0.05, 0) is 48.6 Å². The number of carbonyl (C=O) groups is 1. The summed E-state index contributed by atoms with van der Waals surface area (Å²) in [4.78, 5) is 19.7. The first-order valence-corrected chi connectivity index (χ1v) is 12.8. The van der Waals surface area contributed by atoms with Crippen LogP contribution in [0.3, 0.4) is 0 Å². The molecule has 0 radical (unpaired) electrons. The van der Waals surface area contributed by atoms with Crippen LogP contribution in [0.5, 0.6) is 0 Å². The van der Waals surface area contributed by atoms with Gasteiger partial charge < -0.3 is 4.90 Å². The summed E-state index contributed by atoms with van der Waals surface area (Å²) in [6.07, 6.45) is 4.03. The summed E-state index contributed by atoms with van der Waals surface area (Å²) in [6, 6.07) is 13.4. The summed E-state index contributed by atoms with van der Waals surface area (Å²) in [5, 5.41) is 2.86. The molecule has 1 aliphatic heterocycles. The van der Waals surface area contributed by atoms with Crippen molar-refractivity contribution in [1.29, 1.82) is 0 Å². The van der Waals surface area contributed by atoms with Crippen molar-refractivity contribution in [3.05, 3.63) is 64.7 Å². The molecule has 0 fully saturated rings. The number of benzene rings is 2. The summed E-state index contributed by atoms with van der Waals surface area (Å²) in [5.74, 6) is -0.0127. The normalized spacial score (nSPS) is 13.9. The molecule has 2 aromatic carbocycles. The highest BCUT2D eigenvalue weighted by atomic mass is 32.2. The van der Waals surface area contributed by atoms with Gasteiger partial charge in [-0.25, -0.2) is 13.4 Å². The van der Waals surface area contributed by atoms with Gasteiger partial charge in [0.05, 0.1) is 17.0 Å². The van der Waals surface area contributed by atoms with Crippen molar-refractivity contribution in [3.63, 3.8) is 0 Å². The number of carbonyl (C=O) groups excluding carboxylic acids is 1. The Labute approximate surface area is 181 Å². The SMILES string of the molecule is CCc1ccc(-c2nc(CC(=O)N3CCCc4cc(S(C)(=O)=O)ccc43)cs2)cc1. The Morgan fingerprint density at radius 1 is 1.17 bits per heavy atom. The molecule has 1 amide bonds. The van der Waals surface area contributed by atoms with Gasteiger partial charge >= 0.3 is 0 Å². The Balaban J connectivity index is 1.52. The fourth-order valence-corrected chi connectivity index (χ4v) is 5.21. The van der Waals surface area contributed by atoms with E-state index in [0.29, 0.717) is 11.4 Å². The number of aromatic nitrogens is 1. The van der Waals surface area contributed by atoms with E-state index in [1.165, 1.54) is 11.8 Å². The highest BCUT2D eigenvalue weighted by Gasteiger charge is 2.24. The van der Waals surface area contributed by atoms with Crippen molar-refractivity contribution in [3.8, 4) is 10.6 Å². The van der Waals surface area contributed by atoms with Crippen LogP contribution in [-0.2, 0) is 33.9 Å². The quantitative estimate of drug-likeness (QED) is 0.593. The number of anilines is 1. The van der Waals surface area contributed by atoms with Crippen molar-refractivity contribution in [2.24, 2.45) is 0 Å². The molecule has 7 heteroatoms. The lowest BCUT2D eigenvalue weighted by Crippen LogP contribution is -2.36. The minimum atomic E-state index is -3.26. The van der Waals surface area contributed by atoms with Gasteiger partial charge in [-0.2, -0.15) is 0 Å². The summed E-state index contributed by atoms with van der Waals surface area (Å²) in [5.41, 5.74) is 4.83. The summed E-state index contributed by atoms with van der Waals surface area (Å²) in [6.45, 7) is 2.77. The first-order chi connectivity index (χ1) is 14.3. The van der Waals surface area contributed by atoms with E-state index in [0.717, 1.165) is 46.8 Å². The summed E-state index contributed by atoms with van der Waals surface area (Å²) >= 11 is 1.55. The molecular weight excluding hydrogens is 416 g/mol. The monoisotopic (exact) mass is 440 g/mol. The minimum Gasteiger partial charge on any atom is -0.312 e. The molecule has 5 nitrogen and oxygen atoms in total. The standard InChI is InChI=1S/C23H24N2O3S2/c1-3-16-6-8-17(9-7-16)23-24-19(15-29-23)14-22(26)25-12-4-5-18-13-20(30(2,27)28)10-11-21(18)25/h6-11,13,15H,3-5,12,14H2,1-2H3. The molecule has 0 saturated heterocycles. The van der Waals surface area contributed by atoms with Gasteiger partial charge in [-0.15, -0.1) is 11.3 Å². The number of amides is 1. The third kappa shape index (κ3) is 4.32. The zero-order valence-electron chi connectivity index (χ0n) is 17.1. The van der Waals surface area contributed by atoms with E-state index in [2.05, 4.69) is 36.2 Å². The van der Waals surface area contributed by atoms with Crippen LogP contribution in [0.15, 0.2) is 52.7 Å². The number of hydrogen-bond acceptors (Lipinski definition) is 5. The van der Waals surface area contributed by atoms with Gasteiger partial charge in [0, 0.05) is 29.4 Å². The number of nitrogens with zero attached hydrogens (tertiary/aromatic N) is 2. The lowest BCUT2D eigenvalue weighted by atomic mass is 10.0. The first-order valence-electron chi connectivity index (χ1n) is 10.0. The fourth-order valence-electron chi connectivity index (χ4n) is 3.72. The number of sulfone groups is 1. The zero-order valence-corrected chi connectivity index (χ0v) is 18.7. The molecule has 3 aromatic rings. The minimum absolute atomic E-state index is 0.0127. The Hall–Kier alpha value is -2.51. The number of fused-ring (bicyclic) bond motifs is 1. The third-order valence-electron chi connectivity index (χ3n) is 5.39. The van der Waals surface area contributed by atoms with Gasteiger partial charge in [-0.3, -0.25) is 4.79 Å². The number of aryl methyl sites for hydroxylation is 2. The Bertz CT molecular complexity index is 1180. The predicted molar refractivity (Wildman–Crippen MR) is 121 cm³/mol. The molecule has 0 spiro atoms. The van der Waals surface area contributed by atoms with Crippen LogP contribution in [0.2, 0.25) is 0 Å².